The molecule has 1 atom stereocenters. The van der Waals surface area contributed by atoms with Gasteiger partial charge in [0.05, 0.1) is 11.1 Å². The van der Waals surface area contributed by atoms with Crippen molar-refractivity contribution < 1.29 is 4.74 Å². The Morgan fingerprint density at radius 2 is 2.10 bits per heavy atom. The van der Waals surface area contributed by atoms with Gasteiger partial charge in [0, 0.05) is 12.6 Å². The molecule has 2 rings (SSSR count). The van der Waals surface area contributed by atoms with E-state index >= 15 is 0 Å². The van der Waals surface area contributed by atoms with Crippen molar-refractivity contribution in [3.63, 3.8) is 0 Å². The number of nitrogens with two attached hydrogens (primary N) is 1. The van der Waals surface area contributed by atoms with Gasteiger partial charge in [-0.2, -0.15) is 0 Å². The van der Waals surface area contributed by atoms with Crippen LogP contribution >= 0.6 is 15.9 Å². The number of ether oxygens (including phenoxy) is 1. The second kappa shape index (κ2) is 8.76. The van der Waals surface area contributed by atoms with Gasteiger partial charge in [-0.3, -0.25) is 0 Å². The molecule has 21 heavy (non-hydrogen) atoms. The molecule has 1 fully saturated rings. The predicted molar refractivity (Wildman–Crippen MR) is 91.9 cm³/mol. The number of para-hydroxylation sites is 1. The average molecular weight is 355 g/mol. The summed E-state index contributed by atoms with van der Waals surface area (Å²) in [5, 5.41) is 0. The minimum atomic E-state index is 0.200. The maximum absolute atomic E-state index is 6.08. The largest absolute Gasteiger partial charge is 0.492 e. The Bertz CT molecular complexity index is 433. The van der Waals surface area contributed by atoms with Crippen LogP contribution in [0.4, 0.5) is 0 Å². The van der Waals surface area contributed by atoms with Crippen LogP contribution in [0.5, 0.6) is 5.75 Å². The van der Waals surface area contributed by atoms with Crippen molar-refractivity contribution in [3.05, 3.63) is 28.2 Å². The van der Waals surface area contributed by atoms with E-state index in [0.29, 0.717) is 0 Å². The number of likely N-dealkylation sites (tertiary alicyclic amines) is 1. The molecule has 1 saturated heterocycles. The molecular weight excluding hydrogens is 328 g/mol. The first kappa shape index (κ1) is 16.8. The Morgan fingerprint density at radius 1 is 1.33 bits per heavy atom. The topological polar surface area (TPSA) is 38.5 Å². The summed E-state index contributed by atoms with van der Waals surface area (Å²) < 4.78 is 7.08. The van der Waals surface area contributed by atoms with Gasteiger partial charge in [0.2, 0.25) is 0 Å². The van der Waals surface area contributed by atoms with Crippen LogP contribution in [0.1, 0.15) is 38.2 Å². The summed E-state index contributed by atoms with van der Waals surface area (Å²) in [7, 11) is 0. The van der Waals surface area contributed by atoms with E-state index in [0.717, 1.165) is 42.6 Å². The molecule has 118 valence electrons. The normalized spacial score (nSPS) is 17.1. The number of rotatable bonds is 8. The smallest absolute Gasteiger partial charge is 0.136 e. The van der Waals surface area contributed by atoms with E-state index in [4.69, 9.17) is 10.5 Å². The lowest BCUT2D eigenvalue weighted by atomic mass is 10.0. The van der Waals surface area contributed by atoms with Crippen LogP contribution in [0.15, 0.2) is 22.7 Å². The average Bonchev–Trinajstić information content (AvgIpc) is 2.99. The van der Waals surface area contributed by atoms with Crippen molar-refractivity contribution in [2.24, 2.45) is 5.73 Å². The molecule has 1 heterocycles. The highest BCUT2D eigenvalue weighted by Gasteiger charge is 2.13. The molecule has 2 N–H and O–H groups in total. The Hall–Kier alpha value is -0.580. The van der Waals surface area contributed by atoms with Gasteiger partial charge in [-0.05, 0) is 72.8 Å². The summed E-state index contributed by atoms with van der Waals surface area (Å²) in [6, 6.07) is 6.41. The fourth-order valence-corrected chi connectivity index (χ4v) is 3.29. The summed E-state index contributed by atoms with van der Waals surface area (Å²) in [5.74, 6) is 0.975. The third-order valence-electron chi connectivity index (χ3n) is 4.12. The molecular formula is C17H27BrN2O. The quantitative estimate of drug-likeness (QED) is 0.725. The van der Waals surface area contributed by atoms with E-state index in [1.165, 1.54) is 31.5 Å². The molecule has 0 radical (unpaired) electrons. The molecule has 0 amide bonds. The highest BCUT2D eigenvalue weighted by atomic mass is 79.9. The Labute approximate surface area is 137 Å². The van der Waals surface area contributed by atoms with Crippen molar-refractivity contribution >= 4 is 15.9 Å². The second-order valence-corrected chi connectivity index (χ2v) is 6.71. The number of benzene rings is 1. The summed E-state index contributed by atoms with van der Waals surface area (Å²) >= 11 is 3.60. The van der Waals surface area contributed by atoms with Gasteiger partial charge >= 0.3 is 0 Å². The van der Waals surface area contributed by atoms with Crippen LogP contribution in [0.25, 0.3) is 0 Å². The molecule has 1 aromatic rings. The zero-order valence-corrected chi connectivity index (χ0v) is 14.6. The molecule has 1 aliphatic rings. The van der Waals surface area contributed by atoms with E-state index in [1.807, 2.05) is 6.07 Å². The fourth-order valence-electron chi connectivity index (χ4n) is 2.77. The standard InChI is InChI=1S/C17H27BrN2O/c1-2-15(19)13-14-7-5-8-16(18)17(14)21-12-6-11-20-9-3-4-10-20/h5,7-8,15H,2-4,6,9-13,19H2,1H3. The lowest BCUT2D eigenvalue weighted by molar-refractivity contribution is 0.260. The van der Waals surface area contributed by atoms with Gasteiger partial charge in [0.1, 0.15) is 5.75 Å². The van der Waals surface area contributed by atoms with Gasteiger partial charge in [0.15, 0.2) is 0 Å². The molecule has 0 aliphatic carbocycles. The van der Waals surface area contributed by atoms with E-state index in [-0.39, 0.29) is 6.04 Å². The SMILES string of the molecule is CCC(N)Cc1cccc(Br)c1OCCCN1CCCC1. The minimum absolute atomic E-state index is 0.200. The van der Waals surface area contributed by atoms with E-state index in [2.05, 4.69) is 39.9 Å². The van der Waals surface area contributed by atoms with E-state index in [1.54, 1.807) is 0 Å². The first-order chi connectivity index (χ1) is 10.2. The van der Waals surface area contributed by atoms with Gasteiger partial charge in [-0.25, -0.2) is 0 Å². The lowest BCUT2D eigenvalue weighted by Crippen LogP contribution is -2.23. The van der Waals surface area contributed by atoms with Gasteiger partial charge < -0.3 is 15.4 Å². The fraction of sp³-hybridized carbons (Fsp3) is 0.647. The molecule has 4 heteroatoms. The summed E-state index contributed by atoms with van der Waals surface area (Å²) in [4.78, 5) is 2.53. The maximum atomic E-state index is 6.08. The number of hydrogen-bond donors (Lipinski definition) is 1. The highest BCUT2D eigenvalue weighted by molar-refractivity contribution is 9.10. The zero-order valence-electron chi connectivity index (χ0n) is 13.0. The third-order valence-corrected chi connectivity index (χ3v) is 4.74. The van der Waals surface area contributed by atoms with Crippen molar-refractivity contribution in [1.29, 1.82) is 0 Å². The maximum Gasteiger partial charge on any atom is 0.136 e. The molecule has 0 saturated carbocycles. The number of halogens is 1. The van der Waals surface area contributed by atoms with Crippen LogP contribution in [0, 0.1) is 0 Å². The molecule has 0 spiro atoms. The lowest BCUT2D eigenvalue weighted by Gasteiger charge is -2.17. The second-order valence-electron chi connectivity index (χ2n) is 5.85. The molecule has 3 nitrogen and oxygen atoms in total. The van der Waals surface area contributed by atoms with E-state index < -0.39 is 0 Å². The summed E-state index contributed by atoms with van der Waals surface area (Å²) in [5.41, 5.74) is 7.29. The van der Waals surface area contributed by atoms with Crippen molar-refractivity contribution in [2.45, 2.75) is 45.1 Å². The molecule has 1 aromatic carbocycles. The molecule has 0 bridgehead atoms. The minimum Gasteiger partial charge on any atom is -0.492 e. The van der Waals surface area contributed by atoms with Crippen molar-refractivity contribution in [3.8, 4) is 5.75 Å². The van der Waals surface area contributed by atoms with Crippen LogP contribution in [-0.2, 0) is 6.42 Å². The summed E-state index contributed by atoms with van der Waals surface area (Å²) in [6.07, 6.45) is 5.65. The van der Waals surface area contributed by atoms with Crippen LogP contribution < -0.4 is 10.5 Å². The van der Waals surface area contributed by atoms with Crippen LogP contribution in [0.2, 0.25) is 0 Å². The first-order valence-electron chi connectivity index (χ1n) is 8.08. The number of nitrogens with zero attached hydrogens (tertiary/aromatic N) is 1. The molecule has 0 aromatic heterocycles. The highest BCUT2D eigenvalue weighted by Crippen LogP contribution is 2.30. The number of hydrogen-bond acceptors (Lipinski definition) is 3. The Kier molecular flexibility index (Phi) is 7.00. The molecule has 1 unspecified atom stereocenters. The molecule has 1 aliphatic heterocycles. The Morgan fingerprint density at radius 3 is 2.81 bits per heavy atom. The predicted octanol–water partition coefficient (Wildman–Crippen LogP) is 3.59. The third kappa shape index (κ3) is 5.28. The van der Waals surface area contributed by atoms with Crippen LogP contribution in [-0.4, -0.2) is 37.2 Å². The van der Waals surface area contributed by atoms with Gasteiger partial charge in [-0.15, -0.1) is 0 Å². The monoisotopic (exact) mass is 354 g/mol. The van der Waals surface area contributed by atoms with Crippen molar-refractivity contribution in [2.75, 3.05) is 26.2 Å². The summed E-state index contributed by atoms with van der Waals surface area (Å²) in [6.45, 7) is 6.55. The van der Waals surface area contributed by atoms with Crippen LogP contribution in [0.3, 0.4) is 0 Å². The first-order valence-corrected chi connectivity index (χ1v) is 8.88. The van der Waals surface area contributed by atoms with Gasteiger partial charge in [-0.1, -0.05) is 19.1 Å². The Balaban J connectivity index is 1.85. The van der Waals surface area contributed by atoms with Gasteiger partial charge in [0.25, 0.3) is 0 Å². The zero-order chi connectivity index (χ0) is 15.1. The van der Waals surface area contributed by atoms with E-state index in [9.17, 15) is 0 Å². The van der Waals surface area contributed by atoms with Crippen molar-refractivity contribution in [1.82, 2.24) is 4.90 Å².